The fourth-order valence-electron chi connectivity index (χ4n) is 4.08. The van der Waals surface area contributed by atoms with Crippen molar-refractivity contribution >= 4 is 45.5 Å². The third kappa shape index (κ3) is 20.4. The maximum Gasteiger partial charge on any atom is 0.316 e. The van der Waals surface area contributed by atoms with E-state index in [0.29, 0.717) is 25.4 Å². The van der Waals surface area contributed by atoms with Gasteiger partial charge in [-0.1, -0.05) is 13.5 Å². The molecule has 1 N–H and O–H groups in total. The quantitative estimate of drug-likeness (QED) is 0.0833. The molecule has 0 fully saturated rings. The monoisotopic (exact) mass is 610 g/mol. The van der Waals surface area contributed by atoms with Crippen LogP contribution in [-0.2, 0) is 36.1 Å². The summed E-state index contributed by atoms with van der Waals surface area (Å²) in [6.07, 6.45) is -0.921. The number of carbonyl (C=O) groups excluding carboxylic acids is 2. The SMILES string of the molecule is C=C(C)C(=O)CCC(=O)OCC(O)COCCOCC(C)C[Si](C)(O[Si](C)(C)C)O[Si](C)(C)O[Si](C)(C)C. The molecule has 0 amide bonds. The number of aliphatic hydroxyl groups excluding tert-OH is 1. The molecule has 3 atom stereocenters. The molecule has 0 aliphatic heterocycles. The first kappa shape index (κ1) is 37.5. The van der Waals surface area contributed by atoms with Crippen molar-refractivity contribution in [2.75, 3.05) is 33.0 Å². The topological polar surface area (TPSA) is 110 Å². The predicted octanol–water partition coefficient (Wildman–Crippen LogP) is 4.98. The van der Waals surface area contributed by atoms with Crippen molar-refractivity contribution < 1.29 is 41.3 Å². The number of allylic oxidation sites excluding steroid dienone is 1. The van der Waals surface area contributed by atoms with Gasteiger partial charge < -0.3 is 31.7 Å². The van der Waals surface area contributed by atoms with Crippen LogP contribution >= 0.6 is 0 Å². The molecule has 0 aromatic carbocycles. The summed E-state index contributed by atoms with van der Waals surface area (Å²) >= 11 is 0. The summed E-state index contributed by atoms with van der Waals surface area (Å²) in [4.78, 5) is 23.2. The standard InChI is InChI=1S/C25H54O9Si4/c1-21(2)24(27)13-14-25(28)31-19-23(26)18-30-16-15-29-17-22(3)20-38(12,33-36(7,8)9)34-37(10,11)32-35(4,5)6/h22-23,26H,1,13-20H2,2-12H3. The first-order chi connectivity index (χ1) is 17.1. The van der Waals surface area contributed by atoms with Gasteiger partial charge in [0.15, 0.2) is 22.4 Å². The zero-order valence-electron chi connectivity index (χ0n) is 25.7. The number of ketones is 1. The Balaban J connectivity index is 4.42. The largest absolute Gasteiger partial charge is 0.463 e. The van der Waals surface area contributed by atoms with Gasteiger partial charge in [-0.3, -0.25) is 9.59 Å². The number of hydrogen-bond donors (Lipinski definition) is 1. The molecule has 0 spiro atoms. The van der Waals surface area contributed by atoms with Gasteiger partial charge >= 0.3 is 23.1 Å². The molecule has 0 saturated carbocycles. The van der Waals surface area contributed by atoms with E-state index in [1.54, 1.807) is 6.92 Å². The van der Waals surface area contributed by atoms with E-state index in [9.17, 15) is 14.7 Å². The molecule has 13 heteroatoms. The Morgan fingerprint density at radius 2 is 1.32 bits per heavy atom. The van der Waals surface area contributed by atoms with Gasteiger partial charge in [0.1, 0.15) is 12.7 Å². The minimum Gasteiger partial charge on any atom is -0.463 e. The van der Waals surface area contributed by atoms with E-state index in [0.717, 1.165) is 6.04 Å². The Morgan fingerprint density at radius 1 is 0.789 bits per heavy atom. The molecule has 0 aromatic heterocycles. The highest BCUT2D eigenvalue weighted by Gasteiger charge is 2.45. The summed E-state index contributed by atoms with van der Waals surface area (Å²) < 4.78 is 36.1. The normalized spacial score (nSPS) is 16.0. The molecule has 0 aliphatic carbocycles. The number of ether oxygens (including phenoxy) is 3. The summed E-state index contributed by atoms with van der Waals surface area (Å²) in [5, 5.41) is 9.94. The number of Topliss-reactive ketones (excluding diaryl/α,β-unsaturated/α-hetero) is 1. The fourth-order valence-corrected chi connectivity index (χ4v) is 22.5. The zero-order chi connectivity index (χ0) is 29.8. The van der Waals surface area contributed by atoms with Gasteiger partial charge in [0.05, 0.1) is 26.2 Å². The maximum absolute atomic E-state index is 11.7. The maximum atomic E-state index is 11.7. The summed E-state index contributed by atoms with van der Waals surface area (Å²) in [6.45, 7) is 27.9. The zero-order valence-corrected chi connectivity index (χ0v) is 29.7. The summed E-state index contributed by atoms with van der Waals surface area (Å²) in [6, 6.07) is 0.811. The first-order valence-electron chi connectivity index (χ1n) is 13.4. The van der Waals surface area contributed by atoms with Crippen LogP contribution in [0.3, 0.4) is 0 Å². The van der Waals surface area contributed by atoms with Gasteiger partial charge in [-0.2, -0.15) is 0 Å². The van der Waals surface area contributed by atoms with Crippen LogP contribution in [0.2, 0.25) is 65.0 Å². The van der Waals surface area contributed by atoms with Crippen LogP contribution in [0.5, 0.6) is 0 Å². The Morgan fingerprint density at radius 3 is 1.82 bits per heavy atom. The van der Waals surface area contributed by atoms with Crippen molar-refractivity contribution in [2.45, 2.75) is 97.8 Å². The molecule has 0 aliphatic rings. The molecule has 38 heavy (non-hydrogen) atoms. The van der Waals surface area contributed by atoms with E-state index in [-0.39, 0.29) is 37.8 Å². The van der Waals surface area contributed by atoms with E-state index in [1.165, 1.54) is 0 Å². The highest BCUT2D eigenvalue weighted by Crippen LogP contribution is 2.29. The summed E-state index contributed by atoms with van der Waals surface area (Å²) in [5.74, 6) is -0.474. The lowest BCUT2D eigenvalue weighted by molar-refractivity contribution is -0.148. The molecule has 0 heterocycles. The third-order valence-corrected chi connectivity index (χ3v) is 18.5. The van der Waals surface area contributed by atoms with Gasteiger partial charge in [-0.05, 0) is 83.4 Å². The summed E-state index contributed by atoms with van der Waals surface area (Å²) in [7, 11) is -8.40. The molecular formula is C25H54O9Si4. The highest BCUT2D eigenvalue weighted by molar-refractivity contribution is 6.89. The van der Waals surface area contributed by atoms with Crippen molar-refractivity contribution in [2.24, 2.45) is 5.92 Å². The van der Waals surface area contributed by atoms with Gasteiger partial charge in [0, 0.05) is 13.0 Å². The average Bonchev–Trinajstić information content (AvgIpc) is 2.68. The second kappa shape index (κ2) is 16.7. The average molecular weight is 611 g/mol. The molecule has 0 rings (SSSR count). The molecule has 224 valence electrons. The number of rotatable bonds is 21. The molecule has 0 radical (unpaired) electrons. The first-order valence-corrected chi connectivity index (χ1v) is 25.6. The van der Waals surface area contributed by atoms with Crippen LogP contribution in [0, 0.1) is 5.92 Å². The lowest BCUT2D eigenvalue weighted by Crippen LogP contribution is -2.57. The van der Waals surface area contributed by atoms with E-state index in [4.69, 9.17) is 26.6 Å². The van der Waals surface area contributed by atoms with Crippen LogP contribution < -0.4 is 0 Å². The van der Waals surface area contributed by atoms with Crippen LogP contribution in [0.4, 0.5) is 0 Å². The van der Waals surface area contributed by atoms with Crippen molar-refractivity contribution in [1.29, 1.82) is 0 Å². The van der Waals surface area contributed by atoms with Gasteiger partial charge in [0.2, 0.25) is 0 Å². The second-order valence-corrected chi connectivity index (χ2v) is 28.9. The van der Waals surface area contributed by atoms with E-state index in [1.807, 2.05) is 0 Å². The highest BCUT2D eigenvalue weighted by atomic mass is 28.5. The second-order valence-electron chi connectivity index (χ2n) is 12.6. The number of hydrogen-bond acceptors (Lipinski definition) is 9. The molecule has 0 saturated heterocycles. The van der Waals surface area contributed by atoms with Crippen LogP contribution in [-0.4, -0.2) is 89.8 Å². The van der Waals surface area contributed by atoms with E-state index < -0.39 is 45.8 Å². The minimum absolute atomic E-state index is 0.0244. The van der Waals surface area contributed by atoms with Gasteiger partial charge in [0.25, 0.3) is 0 Å². The Kier molecular flexibility index (Phi) is 16.5. The Hall–Kier alpha value is -0.492. The smallest absolute Gasteiger partial charge is 0.316 e. The van der Waals surface area contributed by atoms with Crippen LogP contribution in [0.25, 0.3) is 0 Å². The predicted molar refractivity (Wildman–Crippen MR) is 161 cm³/mol. The van der Waals surface area contributed by atoms with Crippen LogP contribution in [0.15, 0.2) is 12.2 Å². The Labute approximate surface area is 235 Å². The number of esters is 1. The van der Waals surface area contributed by atoms with E-state index in [2.05, 4.69) is 72.4 Å². The molecular weight excluding hydrogens is 557 g/mol. The molecule has 9 nitrogen and oxygen atoms in total. The number of carbonyl (C=O) groups is 2. The molecule has 0 bridgehead atoms. The van der Waals surface area contributed by atoms with Crippen LogP contribution in [0.1, 0.15) is 26.7 Å². The fraction of sp³-hybridized carbons (Fsp3) is 0.840. The lowest BCUT2D eigenvalue weighted by Gasteiger charge is -2.42. The van der Waals surface area contributed by atoms with Gasteiger partial charge in [-0.15, -0.1) is 0 Å². The number of aliphatic hydroxyl groups is 1. The molecule has 3 unspecified atom stereocenters. The van der Waals surface area contributed by atoms with Gasteiger partial charge in [-0.25, -0.2) is 0 Å². The Bertz CT molecular complexity index is 750. The van der Waals surface area contributed by atoms with Crippen molar-refractivity contribution in [1.82, 2.24) is 0 Å². The minimum atomic E-state index is -2.50. The van der Waals surface area contributed by atoms with Crippen molar-refractivity contribution in [3.63, 3.8) is 0 Å². The lowest BCUT2D eigenvalue weighted by atomic mass is 10.1. The van der Waals surface area contributed by atoms with Crippen molar-refractivity contribution in [3.8, 4) is 0 Å². The summed E-state index contributed by atoms with van der Waals surface area (Å²) in [5.41, 5.74) is 0.407. The van der Waals surface area contributed by atoms with Crippen molar-refractivity contribution in [3.05, 3.63) is 12.2 Å². The molecule has 0 aromatic rings. The third-order valence-electron chi connectivity index (χ3n) is 4.81. The van der Waals surface area contributed by atoms with E-state index >= 15 is 0 Å².